The molecule has 8 aromatic rings. The summed E-state index contributed by atoms with van der Waals surface area (Å²) in [6.07, 6.45) is 0. The molecule has 0 aliphatic heterocycles. The van der Waals surface area contributed by atoms with Gasteiger partial charge in [-0.3, -0.25) is 0 Å². The third-order valence-electron chi connectivity index (χ3n) is 9.48. The third kappa shape index (κ3) is 9.28. The van der Waals surface area contributed by atoms with Gasteiger partial charge in [-0.25, -0.2) is 0 Å². The van der Waals surface area contributed by atoms with Crippen LogP contribution in [-0.2, 0) is 84.3 Å². The van der Waals surface area contributed by atoms with Crippen LogP contribution in [0.4, 0.5) is 0 Å². The number of fused-ring (bicyclic) bond motifs is 3. The maximum absolute atomic E-state index is 2.40. The zero-order valence-electron chi connectivity index (χ0n) is 32.5. The molecular formula is C50H48W4. The second-order valence-corrected chi connectivity index (χ2v) is 12.8. The van der Waals surface area contributed by atoms with Crippen LogP contribution in [0.2, 0.25) is 0 Å². The van der Waals surface area contributed by atoms with E-state index in [1.165, 1.54) is 99.1 Å². The molecule has 4 heteroatoms. The molecule has 54 heavy (non-hydrogen) atoms. The van der Waals surface area contributed by atoms with Crippen molar-refractivity contribution in [2.75, 3.05) is 0 Å². The van der Waals surface area contributed by atoms with Gasteiger partial charge in [0.25, 0.3) is 0 Å². The fourth-order valence-corrected chi connectivity index (χ4v) is 7.30. The summed E-state index contributed by atoms with van der Waals surface area (Å²) >= 11 is 0. The fourth-order valence-electron chi connectivity index (χ4n) is 7.30. The van der Waals surface area contributed by atoms with Crippen molar-refractivity contribution in [3.63, 3.8) is 0 Å². The summed E-state index contributed by atoms with van der Waals surface area (Å²) in [5.74, 6) is 0. The van der Waals surface area contributed by atoms with E-state index < -0.39 is 0 Å². The Balaban J connectivity index is 0.00000122. The Morgan fingerprint density at radius 2 is 0.519 bits per heavy atom. The van der Waals surface area contributed by atoms with Crippen molar-refractivity contribution >= 4 is 32.3 Å². The molecule has 0 unspecified atom stereocenters. The molecule has 0 nitrogen and oxygen atoms in total. The summed E-state index contributed by atoms with van der Waals surface area (Å²) in [7, 11) is 0. The summed E-state index contributed by atoms with van der Waals surface area (Å²) < 4.78 is 0. The average molecular weight is 1380 g/mol. The van der Waals surface area contributed by atoms with Gasteiger partial charge in [-0.2, -0.15) is 0 Å². The van der Waals surface area contributed by atoms with Gasteiger partial charge in [0.05, 0.1) is 0 Å². The Hall–Kier alpha value is -2.71. The van der Waals surface area contributed by atoms with E-state index in [2.05, 4.69) is 173 Å². The van der Waals surface area contributed by atoms with Crippen LogP contribution < -0.4 is 0 Å². The molecule has 0 N–H and O–H groups in total. The largest absolute Gasteiger partial charge is 0.0683 e. The smallest absolute Gasteiger partial charge is 0 e. The molecule has 0 aliphatic rings. The topological polar surface area (TPSA) is 0 Å². The Morgan fingerprint density at radius 3 is 0.833 bits per heavy atom. The first kappa shape index (κ1) is 47.4. The fraction of sp³-hybridized carbons (Fsp3) is 0.160. The van der Waals surface area contributed by atoms with Gasteiger partial charge in [-0.15, -0.1) is 0 Å². The number of hydrogen-bond acceptors (Lipinski definition) is 0. The van der Waals surface area contributed by atoms with Crippen molar-refractivity contribution in [1.82, 2.24) is 0 Å². The number of aryl methyl sites for hydroxylation is 4. The van der Waals surface area contributed by atoms with E-state index in [-0.39, 0.29) is 84.3 Å². The van der Waals surface area contributed by atoms with E-state index >= 15 is 0 Å². The van der Waals surface area contributed by atoms with Gasteiger partial charge in [0, 0.05) is 84.3 Å². The average Bonchev–Trinajstić information content (AvgIpc) is 3.16. The van der Waals surface area contributed by atoms with Crippen molar-refractivity contribution in [3.05, 3.63) is 168 Å². The van der Waals surface area contributed by atoms with Crippen molar-refractivity contribution in [2.24, 2.45) is 0 Å². The second kappa shape index (κ2) is 21.6. The summed E-state index contributed by atoms with van der Waals surface area (Å²) in [5, 5.41) is 7.73. The zero-order chi connectivity index (χ0) is 35.4. The predicted molar refractivity (Wildman–Crippen MR) is 222 cm³/mol. The zero-order valence-corrected chi connectivity index (χ0v) is 44.2. The third-order valence-corrected chi connectivity index (χ3v) is 9.48. The first-order chi connectivity index (χ1) is 24.5. The molecule has 0 fully saturated rings. The van der Waals surface area contributed by atoms with Crippen LogP contribution in [0, 0.1) is 27.7 Å². The minimum atomic E-state index is 0. The van der Waals surface area contributed by atoms with E-state index in [1.807, 2.05) is 27.7 Å². The van der Waals surface area contributed by atoms with E-state index in [9.17, 15) is 0 Å². The molecule has 8 rings (SSSR count). The van der Waals surface area contributed by atoms with E-state index in [0.717, 1.165) is 0 Å². The molecule has 0 saturated heterocycles. The molecule has 0 aromatic heterocycles. The molecule has 0 heterocycles. The van der Waals surface area contributed by atoms with E-state index in [4.69, 9.17) is 0 Å². The Kier molecular flexibility index (Phi) is 18.9. The van der Waals surface area contributed by atoms with Crippen molar-refractivity contribution in [2.45, 2.75) is 55.4 Å². The molecule has 0 radical (unpaired) electrons. The van der Waals surface area contributed by atoms with Crippen LogP contribution in [-0.4, -0.2) is 0 Å². The summed E-state index contributed by atoms with van der Waals surface area (Å²) in [6.45, 7) is 16.8. The van der Waals surface area contributed by atoms with Gasteiger partial charge >= 0.3 is 0 Å². The monoisotopic (exact) mass is 1380 g/mol. The van der Waals surface area contributed by atoms with Crippen LogP contribution in [0.1, 0.15) is 49.9 Å². The van der Waals surface area contributed by atoms with Crippen LogP contribution >= 0.6 is 0 Å². The molecule has 0 spiro atoms. The van der Waals surface area contributed by atoms with Gasteiger partial charge in [0.2, 0.25) is 0 Å². The Morgan fingerprint density at radius 1 is 0.259 bits per heavy atom. The normalized spacial score (nSPS) is 10.0. The van der Waals surface area contributed by atoms with Gasteiger partial charge in [0.1, 0.15) is 0 Å². The molecule has 0 amide bonds. The molecule has 0 saturated carbocycles. The second-order valence-electron chi connectivity index (χ2n) is 12.8. The molecular weight excluding hydrogens is 1340 g/mol. The molecule has 0 bridgehead atoms. The van der Waals surface area contributed by atoms with E-state index in [0.29, 0.717) is 0 Å². The van der Waals surface area contributed by atoms with E-state index in [1.54, 1.807) is 0 Å². The quantitative estimate of drug-likeness (QED) is 0.154. The van der Waals surface area contributed by atoms with Crippen molar-refractivity contribution in [3.8, 4) is 44.5 Å². The van der Waals surface area contributed by atoms with Crippen molar-refractivity contribution < 1.29 is 84.3 Å². The first-order valence-corrected chi connectivity index (χ1v) is 18.2. The van der Waals surface area contributed by atoms with Crippen LogP contribution in [0.25, 0.3) is 76.8 Å². The number of hydrogen-bond donors (Lipinski definition) is 0. The van der Waals surface area contributed by atoms with Gasteiger partial charge < -0.3 is 0 Å². The minimum absolute atomic E-state index is 0. The molecule has 8 aromatic carbocycles. The molecule has 0 atom stereocenters. The Labute approximate surface area is 380 Å². The van der Waals surface area contributed by atoms with Gasteiger partial charge in [0.15, 0.2) is 0 Å². The van der Waals surface area contributed by atoms with Crippen LogP contribution in [0.3, 0.4) is 0 Å². The van der Waals surface area contributed by atoms with Gasteiger partial charge in [-0.05, 0) is 105 Å². The number of benzene rings is 8. The van der Waals surface area contributed by atoms with Crippen molar-refractivity contribution in [1.29, 1.82) is 0 Å². The Bertz CT molecular complexity index is 2240. The van der Waals surface area contributed by atoms with Crippen LogP contribution in [0.15, 0.2) is 146 Å². The van der Waals surface area contributed by atoms with Crippen LogP contribution in [0.5, 0.6) is 0 Å². The summed E-state index contributed by atoms with van der Waals surface area (Å²) in [6, 6.07) is 54.3. The summed E-state index contributed by atoms with van der Waals surface area (Å²) in [4.78, 5) is 0. The summed E-state index contributed by atoms with van der Waals surface area (Å²) in [5.41, 5.74) is 15.2. The maximum Gasteiger partial charge on any atom is 0 e. The first-order valence-electron chi connectivity index (χ1n) is 18.2. The minimum Gasteiger partial charge on any atom is -0.0683 e. The van der Waals surface area contributed by atoms with Gasteiger partial charge in [-0.1, -0.05) is 196 Å². The predicted octanol–water partition coefficient (Wildman–Crippen LogP) is 15.1. The molecule has 272 valence electrons. The molecule has 0 aliphatic carbocycles. The maximum atomic E-state index is 2.40. The SMILES string of the molecule is CC.CC.Cc1ccc(-c2c3ccc(C)cc3c(-c3ccccc3)c3c(-c4ccc(C)cc4)c4ccc(C)cc4c(-c4ccccc4)c23)cc1.[W].[W].[W].[W]. The standard InChI is InChI=1S/C46H36.2C2H6.4W/c1-29-15-21-35(22-16-29)41-37-25-19-31(3)27-39(37)44(34-13-9-6-10-14-34)46-42(36-23-17-30(2)18-24-36)38-26-20-32(4)28-40(38)43(45(41)46)33-11-7-5-8-12-33;2*1-2;;;;/h5-28H,1-4H3;2*1-2H3;;;;. The number of rotatable bonds is 4.